The molecule has 0 radical (unpaired) electrons. The number of hydrogen-bond acceptors (Lipinski definition) is 4. The number of primary amides is 1. The molecule has 0 bridgehead atoms. The highest BCUT2D eigenvalue weighted by Gasteiger charge is 2.03. The smallest absolute Gasteiger partial charge is 0.312 e. The molecule has 0 aliphatic heterocycles. The number of halogens is 1. The Morgan fingerprint density at radius 2 is 2.29 bits per heavy atom. The number of amides is 2. The Hall–Kier alpha value is -1.53. The van der Waals surface area contributed by atoms with Crippen LogP contribution in [0, 0.1) is 0 Å². The number of anilines is 1. The summed E-state index contributed by atoms with van der Waals surface area (Å²) < 4.78 is 1.03. The molecule has 5 nitrogen and oxygen atoms in total. The first-order valence-electron chi connectivity index (χ1n) is 4.98. The Morgan fingerprint density at radius 3 is 3.06 bits per heavy atom. The Balaban J connectivity index is 1.97. The number of nitrogens with zero attached hydrogens (tertiary/aromatic N) is 1. The van der Waals surface area contributed by atoms with Gasteiger partial charge < -0.3 is 16.4 Å². The zero-order valence-electron chi connectivity index (χ0n) is 8.87. The van der Waals surface area contributed by atoms with Crippen molar-refractivity contribution in [1.29, 1.82) is 0 Å². The first-order valence-corrected chi connectivity index (χ1v) is 6.18. The third kappa shape index (κ3) is 3.21. The lowest BCUT2D eigenvalue weighted by molar-refractivity contribution is 0.249. The minimum atomic E-state index is -0.525. The zero-order valence-corrected chi connectivity index (χ0v) is 10.4. The van der Waals surface area contributed by atoms with Crippen LogP contribution in [0.2, 0.25) is 5.02 Å². The number of thiazole rings is 1. The van der Waals surface area contributed by atoms with Gasteiger partial charge in [0.25, 0.3) is 0 Å². The molecule has 0 atom stereocenters. The Bertz CT molecular complexity index is 542. The number of aromatic nitrogens is 1. The second-order valence-electron chi connectivity index (χ2n) is 3.35. The summed E-state index contributed by atoms with van der Waals surface area (Å²) in [5.74, 6) is 0. The van der Waals surface area contributed by atoms with E-state index in [2.05, 4.69) is 15.6 Å². The fourth-order valence-electron chi connectivity index (χ4n) is 1.33. The number of benzene rings is 1. The Kier molecular flexibility index (Phi) is 3.65. The van der Waals surface area contributed by atoms with E-state index in [9.17, 15) is 4.79 Å². The molecular formula is C10H11ClN4OS. The molecule has 90 valence electrons. The molecule has 0 unspecified atom stereocenters. The summed E-state index contributed by atoms with van der Waals surface area (Å²) in [6, 6.07) is 5.03. The van der Waals surface area contributed by atoms with Crippen LogP contribution in [-0.4, -0.2) is 24.1 Å². The SMILES string of the molecule is NC(=O)NCCNc1nc2ccc(Cl)cc2s1. The summed E-state index contributed by atoms with van der Waals surface area (Å²) in [7, 11) is 0. The third-order valence-electron chi connectivity index (χ3n) is 2.05. The van der Waals surface area contributed by atoms with E-state index < -0.39 is 6.03 Å². The van der Waals surface area contributed by atoms with Crippen LogP contribution in [0.3, 0.4) is 0 Å². The van der Waals surface area contributed by atoms with Gasteiger partial charge in [-0.3, -0.25) is 0 Å². The van der Waals surface area contributed by atoms with Gasteiger partial charge in [0.15, 0.2) is 5.13 Å². The van der Waals surface area contributed by atoms with Crippen molar-refractivity contribution in [3.05, 3.63) is 23.2 Å². The number of nitrogens with one attached hydrogen (secondary N) is 2. The van der Waals surface area contributed by atoms with Gasteiger partial charge in [0.05, 0.1) is 10.2 Å². The van der Waals surface area contributed by atoms with E-state index in [1.165, 1.54) is 11.3 Å². The lowest BCUT2D eigenvalue weighted by atomic mass is 10.3. The third-order valence-corrected chi connectivity index (χ3v) is 3.26. The average Bonchev–Trinajstić information content (AvgIpc) is 2.66. The molecular weight excluding hydrogens is 260 g/mol. The van der Waals surface area contributed by atoms with E-state index in [0.29, 0.717) is 18.1 Å². The molecule has 0 saturated carbocycles. The fraction of sp³-hybridized carbons (Fsp3) is 0.200. The summed E-state index contributed by atoms with van der Waals surface area (Å²) in [4.78, 5) is 14.8. The molecule has 0 saturated heterocycles. The molecule has 4 N–H and O–H groups in total. The molecule has 17 heavy (non-hydrogen) atoms. The molecule has 7 heteroatoms. The molecule has 0 aliphatic carbocycles. The predicted octanol–water partition coefficient (Wildman–Crippen LogP) is 2.03. The van der Waals surface area contributed by atoms with Crippen LogP contribution in [0.25, 0.3) is 10.2 Å². The maximum Gasteiger partial charge on any atom is 0.312 e. The monoisotopic (exact) mass is 270 g/mol. The van der Waals surface area contributed by atoms with Crippen LogP contribution in [-0.2, 0) is 0 Å². The van der Waals surface area contributed by atoms with Gasteiger partial charge in [-0.1, -0.05) is 22.9 Å². The van der Waals surface area contributed by atoms with Crippen molar-refractivity contribution in [2.75, 3.05) is 18.4 Å². The van der Waals surface area contributed by atoms with Gasteiger partial charge in [-0.2, -0.15) is 0 Å². The number of nitrogens with two attached hydrogens (primary N) is 1. The van der Waals surface area contributed by atoms with Crippen LogP contribution in [0.5, 0.6) is 0 Å². The van der Waals surface area contributed by atoms with E-state index in [0.717, 1.165) is 15.3 Å². The Morgan fingerprint density at radius 1 is 1.47 bits per heavy atom. The molecule has 2 rings (SSSR count). The lowest BCUT2D eigenvalue weighted by Crippen LogP contribution is -2.33. The van der Waals surface area contributed by atoms with Gasteiger partial charge in [-0.15, -0.1) is 0 Å². The number of urea groups is 1. The first kappa shape index (κ1) is 11.9. The fourth-order valence-corrected chi connectivity index (χ4v) is 2.50. The highest BCUT2D eigenvalue weighted by molar-refractivity contribution is 7.22. The second-order valence-corrected chi connectivity index (χ2v) is 4.82. The quantitative estimate of drug-likeness (QED) is 0.744. The minimum absolute atomic E-state index is 0.464. The largest absolute Gasteiger partial charge is 0.360 e. The Labute approximate surface area is 107 Å². The van der Waals surface area contributed by atoms with E-state index in [1.807, 2.05) is 18.2 Å². The van der Waals surface area contributed by atoms with Gasteiger partial charge in [-0.05, 0) is 18.2 Å². The van der Waals surface area contributed by atoms with Crippen molar-refractivity contribution < 1.29 is 4.79 Å². The van der Waals surface area contributed by atoms with Gasteiger partial charge in [-0.25, -0.2) is 9.78 Å². The highest BCUT2D eigenvalue weighted by atomic mass is 35.5. The van der Waals surface area contributed by atoms with Gasteiger partial charge >= 0.3 is 6.03 Å². The summed E-state index contributed by atoms with van der Waals surface area (Å²) in [6.45, 7) is 1.04. The molecule has 1 heterocycles. The van der Waals surface area contributed by atoms with Crippen molar-refractivity contribution in [1.82, 2.24) is 10.3 Å². The van der Waals surface area contributed by atoms with Gasteiger partial charge in [0.1, 0.15) is 0 Å². The molecule has 0 fully saturated rings. The van der Waals surface area contributed by atoms with Crippen LogP contribution in [0.1, 0.15) is 0 Å². The molecule has 0 spiro atoms. The number of rotatable bonds is 4. The topological polar surface area (TPSA) is 80.0 Å². The van der Waals surface area contributed by atoms with Crippen molar-refractivity contribution in [2.24, 2.45) is 5.73 Å². The van der Waals surface area contributed by atoms with Crippen molar-refractivity contribution in [3.63, 3.8) is 0 Å². The average molecular weight is 271 g/mol. The van der Waals surface area contributed by atoms with Crippen molar-refractivity contribution in [3.8, 4) is 0 Å². The number of carbonyl (C=O) groups excluding carboxylic acids is 1. The number of hydrogen-bond donors (Lipinski definition) is 3. The van der Waals surface area contributed by atoms with E-state index in [1.54, 1.807) is 0 Å². The zero-order chi connectivity index (χ0) is 12.3. The summed E-state index contributed by atoms with van der Waals surface area (Å²) in [5.41, 5.74) is 5.85. The summed E-state index contributed by atoms with van der Waals surface area (Å²) in [5, 5.41) is 7.09. The first-order chi connectivity index (χ1) is 8.15. The molecule has 0 aliphatic rings. The standard InChI is InChI=1S/C10H11ClN4OS/c11-6-1-2-7-8(5-6)17-10(15-7)14-4-3-13-9(12)16/h1-2,5H,3-4H2,(H,14,15)(H3,12,13,16). The van der Waals surface area contributed by atoms with Crippen molar-refractivity contribution >= 4 is 44.3 Å². The van der Waals surface area contributed by atoms with Gasteiger partial charge in [0, 0.05) is 18.1 Å². The molecule has 1 aromatic heterocycles. The number of fused-ring (bicyclic) bond motifs is 1. The van der Waals surface area contributed by atoms with Crippen LogP contribution in [0.15, 0.2) is 18.2 Å². The maximum atomic E-state index is 10.4. The molecule has 1 aromatic carbocycles. The minimum Gasteiger partial charge on any atom is -0.360 e. The van der Waals surface area contributed by atoms with E-state index in [4.69, 9.17) is 17.3 Å². The lowest BCUT2D eigenvalue weighted by Gasteiger charge is -2.01. The molecule has 2 aromatic rings. The van der Waals surface area contributed by atoms with Crippen LogP contribution in [0.4, 0.5) is 9.93 Å². The summed E-state index contributed by atoms with van der Waals surface area (Å²) in [6.07, 6.45) is 0. The van der Waals surface area contributed by atoms with E-state index >= 15 is 0 Å². The highest BCUT2D eigenvalue weighted by Crippen LogP contribution is 2.27. The summed E-state index contributed by atoms with van der Waals surface area (Å²) >= 11 is 7.41. The van der Waals surface area contributed by atoms with Crippen LogP contribution < -0.4 is 16.4 Å². The van der Waals surface area contributed by atoms with E-state index in [-0.39, 0.29) is 0 Å². The molecule has 2 amide bonds. The predicted molar refractivity (Wildman–Crippen MR) is 70.7 cm³/mol. The van der Waals surface area contributed by atoms with Gasteiger partial charge in [0.2, 0.25) is 0 Å². The number of carbonyl (C=O) groups is 1. The van der Waals surface area contributed by atoms with Crippen molar-refractivity contribution in [2.45, 2.75) is 0 Å². The maximum absolute atomic E-state index is 10.4. The second kappa shape index (κ2) is 5.20. The normalized spacial score (nSPS) is 10.4. The van der Waals surface area contributed by atoms with Crippen LogP contribution >= 0.6 is 22.9 Å².